The van der Waals surface area contributed by atoms with E-state index < -0.39 is 0 Å². The SMILES string of the molecule is CCOc1ccc(-n2c(SCC(=O)Nc3cccc(OC)c3)nc3ncccc3c2=O)cc1. The zero-order valence-corrected chi connectivity index (χ0v) is 19.0. The maximum absolute atomic E-state index is 13.3. The first-order valence-corrected chi connectivity index (χ1v) is 11.3. The minimum atomic E-state index is -0.257. The number of ether oxygens (including phenoxy) is 2. The maximum Gasteiger partial charge on any atom is 0.268 e. The highest BCUT2D eigenvalue weighted by Crippen LogP contribution is 2.23. The molecule has 2 aromatic heterocycles. The number of anilines is 1. The Morgan fingerprint density at radius 1 is 1.09 bits per heavy atom. The highest BCUT2D eigenvalue weighted by Gasteiger charge is 2.16. The lowest BCUT2D eigenvalue weighted by atomic mass is 10.3. The van der Waals surface area contributed by atoms with Crippen LogP contribution in [0.3, 0.4) is 0 Å². The van der Waals surface area contributed by atoms with Crippen LogP contribution in [0.1, 0.15) is 6.92 Å². The fraction of sp³-hybridized carbons (Fsp3) is 0.167. The van der Waals surface area contributed by atoms with E-state index in [0.717, 1.165) is 11.8 Å². The second-order valence-electron chi connectivity index (χ2n) is 6.91. The molecule has 9 heteroatoms. The summed E-state index contributed by atoms with van der Waals surface area (Å²) in [6.45, 7) is 2.45. The van der Waals surface area contributed by atoms with Crippen LogP contribution in [0.25, 0.3) is 16.7 Å². The molecule has 0 bridgehead atoms. The molecule has 0 aliphatic heterocycles. The van der Waals surface area contributed by atoms with Crippen LogP contribution in [0.5, 0.6) is 11.5 Å². The fourth-order valence-corrected chi connectivity index (χ4v) is 4.01. The second-order valence-corrected chi connectivity index (χ2v) is 7.85. The van der Waals surface area contributed by atoms with E-state index in [4.69, 9.17) is 9.47 Å². The fourth-order valence-electron chi connectivity index (χ4n) is 3.21. The van der Waals surface area contributed by atoms with Gasteiger partial charge in [0.25, 0.3) is 5.56 Å². The summed E-state index contributed by atoms with van der Waals surface area (Å²) in [7, 11) is 1.57. The summed E-state index contributed by atoms with van der Waals surface area (Å²) in [6, 6.07) is 17.6. The largest absolute Gasteiger partial charge is 0.497 e. The zero-order chi connectivity index (χ0) is 23.2. The molecule has 0 unspecified atom stereocenters. The normalized spacial score (nSPS) is 10.7. The molecule has 33 heavy (non-hydrogen) atoms. The predicted octanol–water partition coefficient (Wildman–Crippen LogP) is 3.92. The van der Waals surface area contributed by atoms with Gasteiger partial charge in [-0.2, -0.15) is 0 Å². The molecular weight excluding hydrogens is 440 g/mol. The Labute approximate surface area is 194 Å². The quantitative estimate of drug-likeness (QED) is 0.313. The number of rotatable bonds is 8. The van der Waals surface area contributed by atoms with Crippen molar-refractivity contribution in [2.45, 2.75) is 12.1 Å². The van der Waals surface area contributed by atoms with Gasteiger partial charge in [0.1, 0.15) is 11.5 Å². The number of pyridine rings is 1. The van der Waals surface area contributed by atoms with Gasteiger partial charge in [0.2, 0.25) is 5.91 Å². The van der Waals surface area contributed by atoms with Crippen LogP contribution in [-0.4, -0.2) is 39.9 Å². The van der Waals surface area contributed by atoms with Crippen LogP contribution in [0.15, 0.2) is 76.8 Å². The van der Waals surface area contributed by atoms with Gasteiger partial charge in [0.15, 0.2) is 10.8 Å². The lowest BCUT2D eigenvalue weighted by Gasteiger charge is -2.13. The van der Waals surface area contributed by atoms with Crippen molar-refractivity contribution < 1.29 is 14.3 Å². The summed E-state index contributed by atoms with van der Waals surface area (Å²) in [5.41, 5.74) is 1.32. The Hall–Kier alpha value is -3.85. The number of methoxy groups -OCH3 is 1. The number of hydrogen-bond acceptors (Lipinski definition) is 7. The Kier molecular flexibility index (Phi) is 6.89. The number of nitrogens with zero attached hydrogens (tertiary/aromatic N) is 3. The van der Waals surface area contributed by atoms with Crippen molar-refractivity contribution in [1.29, 1.82) is 0 Å². The lowest BCUT2D eigenvalue weighted by molar-refractivity contribution is -0.113. The first kappa shape index (κ1) is 22.3. The molecule has 2 aromatic carbocycles. The minimum Gasteiger partial charge on any atom is -0.497 e. The van der Waals surface area contributed by atoms with Gasteiger partial charge in [0.05, 0.1) is 30.5 Å². The van der Waals surface area contributed by atoms with Gasteiger partial charge in [-0.15, -0.1) is 0 Å². The molecule has 2 heterocycles. The summed E-state index contributed by atoms with van der Waals surface area (Å²) in [6.07, 6.45) is 1.58. The maximum atomic E-state index is 13.3. The van der Waals surface area contributed by atoms with E-state index in [1.807, 2.05) is 6.92 Å². The van der Waals surface area contributed by atoms with Gasteiger partial charge < -0.3 is 14.8 Å². The molecule has 0 saturated carbocycles. The van der Waals surface area contributed by atoms with E-state index in [-0.39, 0.29) is 17.2 Å². The molecule has 0 atom stereocenters. The van der Waals surface area contributed by atoms with Gasteiger partial charge in [0, 0.05) is 18.0 Å². The lowest BCUT2D eigenvalue weighted by Crippen LogP contribution is -2.23. The molecule has 0 aliphatic rings. The Morgan fingerprint density at radius 2 is 1.91 bits per heavy atom. The summed E-state index contributed by atoms with van der Waals surface area (Å²) in [4.78, 5) is 34.6. The van der Waals surface area contributed by atoms with Crippen LogP contribution in [0.4, 0.5) is 5.69 Å². The number of amides is 1. The number of carbonyl (C=O) groups is 1. The van der Waals surface area contributed by atoms with Crippen LogP contribution < -0.4 is 20.3 Å². The third-order valence-electron chi connectivity index (χ3n) is 4.70. The Bertz CT molecular complexity index is 1340. The number of aromatic nitrogens is 3. The topological polar surface area (TPSA) is 95.3 Å². The van der Waals surface area contributed by atoms with E-state index in [0.29, 0.717) is 45.7 Å². The molecule has 4 rings (SSSR count). The molecule has 8 nitrogen and oxygen atoms in total. The Morgan fingerprint density at radius 3 is 2.67 bits per heavy atom. The second kappa shape index (κ2) is 10.2. The van der Waals surface area contributed by atoms with Crippen molar-refractivity contribution in [2.24, 2.45) is 0 Å². The number of nitrogens with one attached hydrogen (secondary N) is 1. The summed E-state index contributed by atoms with van der Waals surface area (Å²) in [5.74, 6) is 1.17. The average molecular weight is 463 g/mol. The number of hydrogen-bond donors (Lipinski definition) is 1. The van der Waals surface area contributed by atoms with E-state index in [2.05, 4.69) is 15.3 Å². The van der Waals surface area contributed by atoms with Crippen molar-refractivity contribution in [3.63, 3.8) is 0 Å². The summed E-state index contributed by atoms with van der Waals surface area (Å²) in [5, 5.41) is 3.60. The number of carbonyl (C=O) groups excluding carboxylic acids is 1. The molecule has 4 aromatic rings. The first-order valence-electron chi connectivity index (χ1n) is 10.3. The molecule has 1 amide bonds. The van der Waals surface area contributed by atoms with E-state index in [1.54, 1.807) is 74.0 Å². The monoisotopic (exact) mass is 462 g/mol. The van der Waals surface area contributed by atoms with Crippen LogP contribution >= 0.6 is 11.8 Å². The molecule has 0 spiro atoms. The highest BCUT2D eigenvalue weighted by atomic mass is 32.2. The van der Waals surface area contributed by atoms with E-state index in [9.17, 15) is 9.59 Å². The van der Waals surface area contributed by atoms with Gasteiger partial charge in [-0.05, 0) is 55.5 Å². The van der Waals surface area contributed by atoms with Crippen LogP contribution in [0.2, 0.25) is 0 Å². The number of fused-ring (bicyclic) bond motifs is 1. The summed E-state index contributed by atoms with van der Waals surface area (Å²) < 4.78 is 12.2. The molecule has 0 radical (unpaired) electrons. The van der Waals surface area contributed by atoms with Gasteiger partial charge in [-0.1, -0.05) is 17.8 Å². The number of benzene rings is 2. The van der Waals surface area contributed by atoms with E-state index >= 15 is 0 Å². The third-order valence-corrected chi connectivity index (χ3v) is 5.64. The van der Waals surface area contributed by atoms with Crippen molar-refractivity contribution >= 4 is 34.4 Å². The predicted molar refractivity (Wildman–Crippen MR) is 129 cm³/mol. The zero-order valence-electron chi connectivity index (χ0n) is 18.1. The van der Waals surface area contributed by atoms with Crippen molar-refractivity contribution in [2.75, 3.05) is 24.8 Å². The van der Waals surface area contributed by atoms with Gasteiger partial charge in [-0.25, -0.2) is 9.97 Å². The van der Waals surface area contributed by atoms with Gasteiger partial charge in [-0.3, -0.25) is 14.2 Å². The van der Waals surface area contributed by atoms with Gasteiger partial charge >= 0.3 is 0 Å². The molecule has 168 valence electrons. The Balaban J connectivity index is 1.63. The smallest absolute Gasteiger partial charge is 0.268 e. The first-order chi connectivity index (χ1) is 16.1. The molecule has 0 aliphatic carbocycles. The number of thioether (sulfide) groups is 1. The average Bonchev–Trinajstić information content (AvgIpc) is 2.84. The van der Waals surface area contributed by atoms with Crippen molar-refractivity contribution in [1.82, 2.24) is 14.5 Å². The highest BCUT2D eigenvalue weighted by molar-refractivity contribution is 7.99. The van der Waals surface area contributed by atoms with Crippen molar-refractivity contribution in [3.8, 4) is 17.2 Å². The van der Waals surface area contributed by atoms with Crippen LogP contribution in [-0.2, 0) is 4.79 Å². The molecular formula is C24H22N4O4S. The summed E-state index contributed by atoms with van der Waals surface area (Å²) >= 11 is 1.16. The van der Waals surface area contributed by atoms with Crippen molar-refractivity contribution in [3.05, 3.63) is 77.2 Å². The minimum absolute atomic E-state index is 0.0546. The molecule has 0 saturated heterocycles. The van der Waals surface area contributed by atoms with Crippen LogP contribution in [0, 0.1) is 0 Å². The standard InChI is InChI=1S/C24H22N4O4S/c1-3-32-18-11-9-17(10-12-18)28-23(30)20-8-5-13-25-22(20)27-24(28)33-15-21(29)26-16-6-4-7-19(14-16)31-2/h4-14H,3,15H2,1-2H3,(H,26,29). The third kappa shape index (κ3) is 5.15. The molecule has 1 N–H and O–H groups in total. The molecule has 0 fully saturated rings. The van der Waals surface area contributed by atoms with E-state index in [1.165, 1.54) is 4.57 Å².